The van der Waals surface area contributed by atoms with E-state index in [1.165, 1.54) is 17.0 Å². The molecule has 0 aliphatic carbocycles. The Morgan fingerprint density at radius 3 is 2.87 bits per heavy atom. The van der Waals surface area contributed by atoms with Gasteiger partial charge in [-0.2, -0.15) is 5.16 Å². The highest BCUT2D eigenvalue weighted by atomic mass is 19.1. The van der Waals surface area contributed by atoms with Crippen molar-refractivity contribution in [2.45, 2.75) is 31.2 Å². The van der Waals surface area contributed by atoms with Gasteiger partial charge in [0.15, 0.2) is 0 Å². The highest BCUT2D eigenvalue weighted by Gasteiger charge is 2.34. The second-order valence-electron chi connectivity index (χ2n) is 5.76. The lowest BCUT2D eigenvalue weighted by molar-refractivity contribution is 0.0965. The van der Waals surface area contributed by atoms with E-state index < -0.39 is 6.09 Å². The normalized spacial score (nSPS) is 21.3. The third-order valence-electron chi connectivity index (χ3n) is 4.32. The van der Waals surface area contributed by atoms with Gasteiger partial charge in [0.05, 0.1) is 0 Å². The molecule has 1 amide bonds. The van der Waals surface area contributed by atoms with Gasteiger partial charge in [0.2, 0.25) is 0 Å². The molecule has 7 heteroatoms. The van der Waals surface area contributed by atoms with Crippen LogP contribution in [0.25, 0.3) is 0 Å². The Kier molecular flexibility index (Phi) is 4.18. The number of carboxylic acid groups (broad SMARTS) is 1. The first-order valence-corrected chi connectivity index (χ1v) is 7.46. The van der Waals surface area contributed by atoms with Crippen molar-refractivity contribution in [3.8, 4) is 0 Å². The molecule has 0 saturated carbocycles. The van der Waals surface area contributed by atoms with Gasteiger partial charge in [0, 0.05) is 24.6 Å². The number of carbonyl (C=O) groups is 1. The number of piperidine rings is 1. The Morgan fingerprint density at radius 2 is 2.22 bits per heavy atom. The number of amides is 1. The van der Waals surface area contributed by atoms with Crippen LogP contribution in [0.15, 0.2) is 39.6 Å². The average Bonchev–Trinajstić information content (AvgIpc) is 2.96. The molecule has 2 atom stereocenters. The Labute approximate surface area is 131 Å². The van der Waals surface area contributed by atoms with Crippen molar-refractivity contribution in [1.82, 2.24) is 10.1 Å². The summed E-state index contributed by atoms with van der Waals surface area (Å²) in [7, 11) is 0. The molecule has 2 unspecified atom stereocenters. The number of hydrogen-bond donors (Lipinski definition) is 2. The summed E-state index contributed by atoms with van der Waals surface area (Å²) in [5.41, 5.74) is 0.172. The van der Waals surface area contributed by atoms with E-state index >= 15 is 0 Å². The average molecular weight is 320 g/mol. The lowest BCUT2D eigenvalue weighted by Gasteiger charge is -2.37. The highest BCUT2D eigenvalue weighted by Crippen LogP contribution is 2.32. The largest absolute Gasteiger partial charge is 0.465 e. The monoisotopic (exact) mass is 320 g/mol. The first kappa shape index (κ1) is 15.3. The van der Waals surface area contributed by atoms with Crippen LogP contribution in [-0.2, 0) is 6.42 Å². The van der Waals surface area contributed by atoms with Crippen LogP contribution >= 0.6 is 0 Å². The van der Waals surface area contributed by atoms with E-state index in [1.54, 1.807) is 18.2 Å². The molecule has 0 spiro atoms. The Balaban J connectivity index is 1.82. The fraction of sp³-hybridized carbons (Fsp3) is 0.375. The van der Waals surface area contributed by atoms with Crippen molar-refractivity contribution >= 4 is 6.09 Å². The van der Waals surface area contributed by atoms with Crippen LogP contribution in [-0.4, -0.2) is 33.8 Å². The molecule has 23 heavy (non-hydrogen) atoms. The van der Waals surface area contributed by atoms with Crippen molar-refractivity contribution in [3.63, 3.8) is 0 Å². The minimum Gasteiger partial charge on any atom is -0.465 e. The Morgan fingerprint density at radius 1 is 1.43 bits per heavy atom. The summed E-state index contributed by atoms with van der Waals surface area (Å²) in [4.78, 5) is 24.0. The van der Waals surface area contributed by atoms with Crippen LogP contribution in [0.5, 0.6) is 0 Å². The van der Waals surface area contributed by atoms with E-state index in [0.717, 1.165) is 0 Å². The standard InChI is InChI=1S/C16H17FN2O4/c17-13-4-2-1-3-10(13)7-12-8-11(5-6-19(12)16(21)22)14-9-15(20)18-23-14/h1-4,9,11-12H,5-8H2,(H,18,20)(H,21,22). The molecular weight excluding hydrogens is 303 g/mol. The van der Waals surface area contributed by atoms with Crippen molar-refractivity contribution in [3.05, 3.63) is 57.8 Å². The maximum Gasteiger partial charge on any atom is 0.407 e. The second kappa shape index (κ2) is 6.28. The lowest BCUT2D eigenvalue weighted by atomic mass is 9.86. The van der Waals surface area contributed by atoms with Crippen LogP contribution in [0.2, 0.25) is 0 Å². The van der Waals surface area contributed by atoms with Crippen LogP contribution in [0, 0.1) is 5.82 Å². The number of halogens is 1. The molecule has 2 N–H and O–H groups in total. The van der Waals surface area contributed by atoms with E-state index in [4.69, 9.17) is 4.52 Å². The SMILES string of the molecule is O=C(O)N1CCC(c2cc(=O)[nH]o2)CC1Cc1ccccc1F. The maximum absolute atomic E-state index is 13.9. The van der Waals surface area contributed by atoms with Crippen molar-refractivity contribution in [1.29, 1.82) is 0 Å². The molecule has 1 aromatic heterocycles. The van der Waals surface area contributed by atoms with Gasteiger partial charge < -0.3 is 14.5 Å². The number of nitrogens with one attached hydrogen (secondary N) is 1. The fourth-order valence-electron chi connectivity index (χ4n) is 3.17. The van der Waals surface area contributed by atoms with Crippen LogP contribution in [0.4, 0.5) is 9.18 Å². The van der Waals surface area contributed by atoms with Crippen molar-refractivity contribution in [2.24, 2.45) is 0 Å². The molecule has 0 bridgehead atoms. The van der Waals surface area contributed by atoms with Crippen molar-refractivity contribution in [2.75, 3.05) is 6.54 Å². The lowest BCUT2D eigenvalue weighted by Crippen LogP contribution is -2.46. The van der Waals surface area contributed by atoms with Crippen LogP contribution in [0.3, 0.4) is 0 Å². The topological polar surface area (TPSA) is 86.5 Å². The number of nitrogens with zero attached hydrogens (tertiary/aromatic N) is 1. The summed E-state index contributed by atoms with van der Waals surface area (Å²) in [6.45, 7) is 0.327. The molecule has 122 valence electrons. The number of H-pyrrole nitrogens is 1. The molecule has 1 aliphatic heterocycles. The summed E-state index contributed by atoms with van der Waals surface area (Å²) < 4.78 is 19.0. The van der Waals surface area contributed by atoms with Crippen LogP contribution in [0.1, 0.15) is 30.1 Å². The van der Waals surface area contributed by atoms with Gasteiger partial charge in [-0.15, -0.1) is 0 Å². The quantitative estimate of drug-likeness (QED) is 0.910. The number of likely N-dealkylation sites (tertiary alicyclic amines) is 1. The van der Waals surface area contributed by atoms with E-state index in [9.17, 15) is 19.1 Å². The van der Waals surface area contributed by atoms with Gasteiger partial charge >= 0.3 is 6.09 Å². The fourth-order valence-corrected chi connectivity index (χ4v) is 3.17. The molecule has 2 aromatic rings. The molecule has 3 rings (SSSR count). The molecule has 1 aromatic carbocycles. The molecule has 2 heterocycles. The summed E-state index contributed by atoms with van der Waals surface area (Å²) in [6.07, 6.45) is 0.340. The first-order chi connectivity index (χ1) is 11.0. The number of benzene rings is 1. The van der Waals surface area contributed by atoms with Gasteiger partial charge in [-0.25, -0.2) is 9.18 Å². The predicted octanol–water partition coefficient (Wildman–Crippen LogP) is 2.58. The summed E-state index contributed by atoms with van der Waals surface area (Å²) in [6, 6.07) is 7.40. The molecule has 1 saturated heterocycles. The minimum absolute atomic E-state index is 0.0543. The van der Waals surface area contributed by atoms with E-state index in [-0.39, 0.29) is 23.3 Å². The van der Waals surface area contributed by atoms with Gasteiger partial charge in [-0.3, -0.25) is 4.79 Å². The summed E-state index contributed by atoms with van der Waals surface area (Å²) in [5.74, 6) is 0.132. The smallest absolute Gasteiger partial charge is 0.407 e. The summed E-state index contributed by atoms with van der Waals surface area (Å²) >= 11 is 0. The summed E-state index contributed by atoms with van der Waals surface area (Å²) in [5, 5.41) is 11.6. The molecule has 6 nitrogen and oxygen atoms in total. The number of aromatic amines is 1. The highest BCUT2D eigenvalue weighted by molar-refractivity contribution is 5.65. The van der Waals surface area contributed by atoms with Crippen molar-refractivity contribution < 1.29 is 18.8 Å². The first-order valence-electron chi connectivity index (χ1n) is 7.46. The minimum atomic E-state index is -1.01. The third kappa shape index (κ3) is 3.28. The predicted molar refractivity (Wildman–Crippen MR) is 79.9 cm³/mol. The zero-order chi connectivity index (χ0) is 16.4. The van der Waals surface area contributed by atoms with E-state index in [1.807, 2.05) is 0 Å². The molecule has 1 fully saturated rings. The zero-order valence-corrected chi connectivity index (χ0v) is 12.4. The second-order valence-corrected chi connectivity index (χ2v) is 5.76. The molecular formula is C16H17FN2O4. The van der Waals surface area contributed by atoms with Gasteiger partial charge in [-0.05, 0) is 30.9 Å². The number of hydrogen-bond acceptors (Lipinski definition) is 3. The zero-order valence-electron chi connectivity index (χ0n) is 12.4. The maximum atomic E-state index is 13.9. The third-order valence-corrected chi connectivity index (χ3v) is 4.32. The number of aromatic nitrogens is 1. The van der Waals surface area contributed by atoms with E-state index in [0.29, 0.717) is 37.1 Å². The van der Waals surface area contributed by atoms with Gasteiger partial charge in [-0.1, -0.05) is 18.2 Å². The van der Waals surface area contributed by atoms with Gasteiger partial charge in [0.25, 0.3) is 5.56 Å². The van der Waals surface area contributed by atoms with E-state index in [2.05, 4.69) is 5.16 Å². The molecule has 0 radical (unpaired) electrons. The number of rotatable bonds is 3. The van der Waals surface area contributed by atoms with Crippen LogP contribution < -0.4 is 5.56 Å². The Hall–Kier alpha value is -2.57. The van der Waals surface area contributed by atoms with Gasteiger partial charge in [0.1, 0.15) is 11.6 Å². The Bertz CT molecular complexity index is 754. The molecule has 1 aliphatic rings.